The summed E-state index contributed by atoms with van der Waals surface area (Å²) in [6.07, 6.45) is 0. The van der Waals surface area contributed by atoms with E-state index in [9.17, 15) is 0 Å². The van der Waals surface area contributed by atoms with E-state index in [-0.39, 0.29) is 6.61 Å². The normalized spacial score (nSPS) is 9.00. The molecule has 0 radical (unpaired) electrons. The molecule has 0 unspecified atom stereocenters. The standard InChI is InChI=1S/C2H3Cl2NO2/c3-2(4)1-7-5-6/h2H,1H2. The zero-order valence-corrected chi connectivity index (χ0v) is 4.82. The second-order valence-corrected chi connectivity index (χ2v) is 2.04. The van der Waals surface area contributed by atoms with Gasteiger partial charge in [0.05, 0.1) is 0 Å². The van der Waals surface area contributed by atoms with Gasteiger partial charge in [-0.3, -0.25) is 0 Å². The lowest BCUT2D eigenvalue weighted by Crippen LogP contribution is -1.95. The molecule has 7 heavy (non-hydrogen) atoms. The average molecular weight is 144 g/mol. The van der Waals surface area contributed by atoms with Crippen molar-refractivity contribution < 1.29 is 4.84 Å². The molecule has 0 aliphatic carbocycles. The summed E-state index contributed by atoms with van der Waals surface area (Å²) >= 11 is 10.2. The summed E-state index contributed by atoms with van der Waals surface area (Å²) in [6.45, 7) is -0.0490. The van der Waals surface area contributed by atoms with Crippen LogP contribution in [0.5, 0.6) is 0 Å². The molecule has 0 spiro atoms. The molecule has 0 amide bonds. The zero-order chi connectivity index (χ0) is 5.70. The Kier molecular flexibility index (Phi) is 4.14. The first-order valence-electron chi connectivity index (χ1n) is 1.50. The first-order valence-corrected chi connectivity index (χ1v) is 2.37. The van der Waals surface area contributed by atoms with E-state index in [0.717, 1.165) is 0 Å². The number of hydrogen-bond donors (Lipinski definition) is 0. The SMILES string of the molecule is O=NOCC(Cl)Cl. The van der Waals surface area contributed by atoms with E-state index in [1.54, 1.807) is 0 Å². The zero-order valence-electron chi connectivity index (χ0n) is 3.30. The van der Waals surface area contributed by atoms with Crippen LogP contribution in [-0.2, 0) is 4.84 Å². The average Bonchev–Trinajstić information content (AvgIpc) is 1.61. The first-order chi connectivity index (χ1) is 3.27. The molecule has 0 saturated heterocycles. The third-order valence-corrected chi connectivity index (χ3v) is 0.505. The Morgan fingerprint density at radius 3 is 2.43 bits per heavy atom. The van der Waals surface area contributed by atoms with E-state index in [2.05, 4.69) is 10.2 Å². The molecule has 0 fully saturated rings. The molecule has 0 aromatic carbocycles. The van der Waals surface area contributed by atoms with Gasteiger partial charge in [0.1, 0.15) is 4.84 Å². The molecule has 0 bridgehead atoms. The molecule has 5 heteroatoms. The smallest absolute Gasteiger partial charge is 0.155 e. The maximum Gasteiger partial charge on any atom is 0.155 e. The van der Waals surface area contributed by atoms with Crippen LogP contribution in [0.2, 0.25) is 0 Å². The summed E-state index contributed by atoms with van der Waals surface area (Å²) in [7, 11) is 0. The van der Waals surface area contributed by atoms with Crippen molar-refractivity contribution in [3.63, 3.8) is 0 Å². The summed E-state index contributed by atoms with van der Waals surface area (Å²) < 4.78 is 0. The molecule has 3 nitrogen and oxygen atoms in total. The third kappa shape index (κ3) is 5.98. The van der Waals surface area contributed by atoms with Gasteiger partial charge in [0.15, 0.2) is 11.9 Å². The van der Waals surface area contributed by atoms with Gasteiger partial charge in [0.2, 0.25) is 0 Å². The highest BCUT2D eigenvalue weighted by molar-refractivity contribution is 6.44. The van der Waals surface area contributed by atoms with Gasteiger partial charge in [-0.15, -0.1) is 28.1 Å². The Hall–Kier alpha value is -0.0200. The fraction of sp³-hybridized carbons (Fsp3) is 1.00. The molecule has 0 aromatic heterocycles. The Bertz CT molecular complexity index is 57.7. The third-order valence-electron chi connectivity index (χ3n) is 0.253. The lowest BCUT2D eigenvalue weighted by Gasteiger charge is -1.91. The molecule has 42 valence electrons. The maximum atomic E-state index is 9.12. The van der Waals surface area contributed by atoms with Gasteiger partial charge in [-0.25, -0.2) is 0 Å². The maximum absolute atomic E-state index is 9.12. The van der Waals surface area contributed by atoms with E-state index in [1.165, 1.54) is 0 Å². The molecule has 0 heterocycles. The second kappa shape index (κ2) is 4.15. The van der Waals surface area contributed by atoms with Crippen molar-refractivity contribution >= 4 is 23.2 Å². The van der Waals surface area contributed by atoms with E-state index in [4.69, 9.17) is 28.1 Å². The molecule has 0 aliphatic rings. The number of hydrogen-bond acceptors (Lipinski definition) is 3. The van der Waals surface area contributed by atoms with Gasteiger partial charge in [-0.2, -0.15) is 0 Å². The summed E-state index contributed by atoms with van der Waals surface area (Å²) in [5.41, 5.74) is 0. The molecule has 0 rings (SSSR count). The molecular weight excluding hydrogens is 141 g/mol. The summed E-state index contributed by atoms with van der Waals surface area (Å²) in [5.74, 6) is 0. The monoisotopic (exact) mass is 143 g/mol. The van der Waals surface area contributed by atoms with Crippen molar-refractivity contribution in [2.45, 2.75) is 4.84 Å². The first kappa shape index (κ1) is 6.98. The van der Waals surface area contributed by atoms with Crippen LogP contribution >= 0.6 is 23.2 Å². The van der Waals surface area contributed by atoms with Crippen LogP contribution in [0.1, 0.15) is 0 Å². The van der Waals surface area contributed by atoms with Crippen LogP contribution in [-0.4, -0.2) is 11.4 Å². The van der Waals surface area contributed by atoms with Crippen molar-refractivity contribution in [3.8, 4) is 0 Å². The lowest BCUT2D eigenvalue weighted by atomic mass is 10.9. The van der Waals surface area contributed by atoms with Crippen molar-refractivity contribution in [1.82, 2.24) is 0 Å². The Balaban J connectivity index is 2.81. The fourth-order valence-corrected chi connectivity index (χ4v) is 0.199. The minimum Gasteiger partial charge on any atom is -0.361 e. The lowest BCUT2D eigenvalue weighted by molar-refractivity contribution is 0.150. The Labute approximate surface area is 50.5 Å². The van der Waals surface area contributed by atoms with E-state index < -0.39 is 4.84 Å². The number of alkyl halides is 2. The van der Waals surface area contributed by atoms with Crippen LogP contribution in [0.3, 0.4) is 0 Å². The summed E-state index contributed by atoms with van der Waals surface area (Å²) in [4.78, 5) is 12.4. The highest BCUT2D eigenvalue weighted by atomic mass is 35.5. The minimum absolute atomic E-state index is 0.0490. The van der Waals surface area contributed by atoms with Gasteiger partial charge in [-0.05, 0) is 0 Å². The highest BCUT2D eigenvalue weighted by Gasteiger charge is 1.95. The Morgan fingerprint density at radius 1 is 1.71 bits per heavy atom. The minimum atomic E-state index is -0.669. The number of nitrogens with zero attached hydrogens (tertiary/aromatic N) is 1. The van der Waals surface area contributed by atoms with Crippen LogP contribution in [0.25, 0.3) is 0 Å². The summed E-state index contributed by atoms with van der Waals surface area (Å²) in [6, 6.07) is 0. The van der Waals surface area contributed by atoms with E-state index in [1.807, 2.05) is 0 Å². The Morgan fingerprint density at radius 2 is 2.29 bits per heavy atom. The number of rotatable bonds is 3. The largest absolute Gasteiger partial charge is 0.361 e. The second-order valence-electron chi connectivity index (χ2n) is 0.761. The molecule has 0 aromatic rings. The fourth-order valence-electron chi connectivity index (χ4n) is 0.0868. The van der Waals surface area contributed by atoms with Crippen molar-refractivity contribution in [1.29, 1.82) is 0 Å². The van der Waals surface area contributed by atoms with Gasteiger partial charge in [-0.1, -0.05) is 0 Å². The molecule has 0 atom stereocenters. The van der Waals surface area contributed by atoms with E-state index >= 15 is 0 Å². The van der Waals surface area contributed by atoms with Crippen molar-refractivity contribution in [2.24, 2.45) is 5.34 Å². The van der Waals surface area contributed by atoms with Gasteiger partial charge in [0.25, 0.3) is 0 Å². The van der Waals surface area contributed by atoms with Crippen LogP contribution in [0, 0.1) is 4.91 Å². The van der Waals surface area contributed by atoms with Gasteiger partial charge < -0.3 is 4.84 Å². The molecule has 0 aliphatic heterocycles. The predicted molar refractivity (Wildman–Crippen MR) is 27.2 cm³/mol. The van der Waals surface area contributed by atoms with Crippen molar-refractivity contribution in [2.75, 3.05) is 6.61 Å². The topological polar surface area (TPSA) is 38.7 Å². The number of halogens is 2. The van der Waals surface area contributed by atoms with Gasteiger partial charge >= 0.3 is 0 Å². The molecule has 0 saturated carbocycles. The van der Waals surface area contributed by atoms with Crippen LogP contribution < -0.4 is 0 Å². The molecule has 0 N–H and O–H groups in total. The van der Waals surface area contributed by atoms with E-state index in [0.29, 0.717) is 0 Å². The van der Waals surface area contributed by atoms with Crippen LogP contribution in [0.15, 0.2) is 5.34 Å². The molecular formula is C2H3Cl2NO2. The quantitative estimate of drug-likeness (QED) is 0.342. The summed E-state index contributed by atoms with van der Waals surface area (Å²) in [5, 5.41) is 2.06. The van der Waals surface area contributed by atoms with Crippen LogP contribution in [0.4, 0.5) is 0 Å². The van der Waals surface area contributed by atoms with Crippen molar-refractivity contribution in [3.05, 3.63) is 4.91 Å². The predicted octanol–water partition coefficient (Wildman–Crippen LogP) is 1.49. The highest BCUT2D eigenvalue weighted by Crippen LogP contribution is 2.00. The van der Waals surface area contributed by atoms with Gasteiger partial charge in [0, 0.05) is 0 Å².